The van der Waals surface area contributed by atoms with Gasteiger partial charge in [-0.3, -0.25) is 4.79 Å². The Kier molecular flexibility index (Phi) is 5.15. The summed E-state index contributed by atoms with van der Waals surface area (Å²) in [5.41, 5.74) is 0. The number of nitrogens with zero attached hydrogens (tertiary/aromatic N) is 1. The number of hydrogen-bond acceptors (Lipinski definition) is 3. The van der Waals surface area contributed by atoms with Gasteiger partial charge in [-0.1, -0.05) is 13.0 Å². The molecule has 0 aromatic heterocycles. The Bertz CT molecular complexity index is 303. The van der Waals surface area contributed by atoms with Crippen molar-refractivity contribution in [1.29, 1.82) is 0 Å². The Morgan fingerprint density at radius 1 is 1.47 bits per heavy atom. The lowest BCUT2D eigenvalue weighted by Gasteiger charge is -2.23. The summed E-state index contributed by atoms with van der Waals surface area (Å²) in [6.07, 6.45) is 1.96. The van der Waals surface area contributed by atoms with E-state index in [4.69, 9.17) is 9.84 Å². The Balaban J connectivity index is 2.56. The van der Waals surface area contributed by atoms with Crippen molar-refractivity contribution in [2.45, 2.75) is 38.4 Å². The van der Waals surface area contributed by atoms with Gasteiger partial charge in [-0.05, 0) is 19.3 Å². The first-order valence-corrected chi connectivity index (χ1v) is 5.88. The van der Waals surface area contributed by atoms with Crippen molar-refractivity contribution in [3.05, 3.63) is 12.7 Å². The smallest absolute Gasteiger partial charge is 0.332 e. The maximum Gasteiger partial charge on any atom is 0.332 e. The molecule has 0 aliphatic carbocycles. The van der Waals surface area contributed by atoms with Gasteiger partial charge in [0.25, 0.3) is 5.91 Å². The molecule has 1 saturated heterocycles. The number of carbonyl (C=O) groups excluding carboxylic acids is 1. The van der Waals surface area contributed by atoms with Gasteiger partial charge in [0, 0.05) is 13.1 Å². The molecule has 0 aromatic carbocycles. The van der Waals surface area contributed by atoms with Gasteiger partial charge in [0.1, 0.15) is 6.10 Å². The summed E-state index contributed by atoms with van der Waals surface area (Å²) in [7, 11) is 0. The largest absolute Gasteiger partial charge is 0.479 e. The van der Waals surface area contributed by atoms with Crippen molar-refractivity contribution < 1.29 is 19.4 Å². The second-order valence-corrected chi connectivity index (χ2v) is 4.10. The maximum atomic E-state index is 12.1. The first kappa shape index (κ1) is 13.7. The molecule has 2 unspecified atom stereocenters. The van der Waals surface area contributed by atoms with Crippen LogP contribution in [0.2, 0.25) is 0 Å². The third-order valence-electron chi connectivity index (χ3n) is 2.73. The minimum absolute atomic E-state index is 0.129. The first-order chi connectivity index (χ1) is 8.10. The van der Waals surface area contributed by atoms with Crippen LogP contribution in [0.5, 0.6) is 0 Å². The molecule has 96 valence electrons. The minimum Gasteiger partial charge on any atom is -0.479 e. The minimum atomic E-state index is -0.994. The van der Waals surface area contributed by atoms with Crippen molar-refractivity contribution in [2.24, 2.45) is 0 Å². The number of amides is 1. The average Bonchev–Trinajstić information content (AvgIpc) is 2.77. The number of carbonyl (C=O) groups is 2. The molecule has 0 saturated carbocycles. The van der Waals surface area contributed by atoms with Gasteiger partial charge in [-0.25, -0.2) is 4.79 Å². The fourth-order valence-corrected chi connectivity index (χ4v) is 1.92. The van der Waals surface area contributed by atoms with E-state index >= 15 is 0 Å². The predicted molar refractivity (Wildman–Crippen MR) is 62.6 cm³/mol. The van der Waals surface area contributed by atoms with E-state index in [2.05, 4.69) is 6.58 Å². The van der Waals surface area contributed by atoms with E-state index in [1.807, 2.05) is 6.92 Å². The van der Waals surface area contributed by atoms with E-state index in [1.54, 1.807) is 11.0 Å². The van der Waals surface area contributed by atoms with E-state index in [1.165, 1.54) is 0 Å². The SMILES string of the molecule is C=CCN(CCC)C(=O)C1CCC(C(=O)O)O1. The van der Waals surface area contributed by atoms with E-state index in [9.17, 15) is 9.59 Å². The van der Waals surface area contributed by atoms with Gasteiger partial charge in [0.2, 0.25) is 0 Å². The zero-order chi connectivity index (χ0) is 12.8. The Labute approximate surface area is 101 Å². The second-order valence-electron chi connectivity index (χ2n) is 4.10. The van der Waals surface area contributed by atoms with Crippen LogP contribution in [0.1, 0.15) is 26.2 Å². The van der Waals surface area contributed by atoms with Crippen LogP contribution in [0, 0.1) is 0 Å². The molecule has 0 spiro atoms. The zero-order valence-corrected chi connectivity index (χ0v) is 10.1. The number of carboxylic acid groups (broad SMARTS) is 1. The highest BCUT2D eigenvalue weighted by atomic mass is 16.5. The summed E-state index contributed by atoms with van der Waals surface area (Å²) >= 11 is 0. The van der Waals surface area contributed by atoms with Crippen LogP contribution in [-0.4, -0.2) is 47.2 Å². The van der Waals surface area contributed by atoms with Gasteiger partial charge in [0.05, 0.1) is 0 Å². The third-order valence-corrected chi connectivity index (χ3v) is 2.73. The summed E-state index contributed by atoms with van der Waals surface area (Å²) in [5, 5.41) is 8.79. The molecule has 5 nitrogen and oxygen atoms in total. The van der Waals surface area contributed by atoms with Crippen LogP contribution >= 0.6 is 0 Å². The zero-order valence-electron chi connectivity index (χ0n) is 10.1. The fourth-order valence-electron chi connectivity index (χ4n) is 1.92. The molecule has 0 aromatic rings. The molecule has 2 atom stereocenters. The number of hydrogen-bond donors (Lipinski definition) is 1. The summed E-state index contributed by atoms with van der Waals surface area (Å²) < 4.78 is 5.23. The van der Waals surface area contributed by atoms with Crippen LogP contribution in [0.3, 0.4) is 0 Å². The number of ether oxygens (including phenoxy) is 1. The molecule has 1 heterocycles. The Hall–Kier alpha value is -1.36. The summed E-state index contributed by atoms with van der Waals surface area (Å²) in [4.78, 5) is 24.4. The third kappa shape index (κ3) is 3.56. The van der Waals surface area contributed by atoms with Gasteiger partial charge in [-0.2, -0.15) is 0 Å². The van der Waals surface area contributed by atoms with Gasteiger partial charge >= 0.3 is 5.97 Å². The second kappa shape index (κ2) is 6.39. The topological polar surface area (TPSA) is 66.8 Å². The van der Waals surface area contributed by atoms with E-state index in [0.717, 1.165) is 6.42 Å². The van der Waals surface area contributed by atoms with Crippen molar-refractivity contribution in [3.63, 3.8) is 0 Å². The summed E-state index contributed by atoms with van der Waals surface area (Å²) in [6, 6.07) is 0. The Morgan fingerprint density at radius 2 is 2.12 bits per heavy atom. The van der Waals surface area contributed by atoms with Crippen LogP contribution in [-0.2, 0) is 14.3 Å². The van der Waals surface area contributed by atoms with E-state index < -0.39 is 18.2 Å². The molecule has 0 radical (unpaired) electrons. The van der Waals surface area contributed by atoms with Gasteiger partial charge < -0.3 is 14.7 Å². The molecule has 0 bridgehead atoms. The molecular formula is C12H19NO4. The molecule has 1 fully saturated rings. The molecule has 1 rings (SSSR count). The number of carboxylic acids is 1. The summed E-state index contributed by atoms with van der Waals surface area (Å²) in [6.45, 7) is 6.71. The van der Waals surface area contributed by atoms with Crippen molar-refractivity contribution in [3.8, 4) is 0 Å². The number of rotatable bonds is 6. The van der Waals surface area contributed by atoms with E-state index in [0.29, 0.717) is 25.9 Å². The lowest BCUT2D eigenvalue weighted by Crippen LogP contribution is -2.40. The molecule has 1 amide bonds. The standard InChI is InChI=1S/C12H19NO4/c1-3-7-13(8-4-2)11(14)9-5-6-10(17-9)12(15)16/h3,9-10H,1,4-8H2,2H3,(H,15,16). The average molecular weight is 241 g/mol. The molecular weight excluding hydrogens is 222 g/mol. The highest BCUT2D eigenvalue weighted by Gasteiger charge is 2.36. The monoisotopic (exact) mass is 241 g/mol. The normalized spacial score (nSPS) is 23.4. The molecule has 17 heavy (non-hydrogen) atoms. The quantitative estimate of drug-likeness (QED) is 0.706. The molecule has 5 heteroatoms. The molecule has 1 aliphatic rings. The van der Waals surface area contributed by atoms with E-state index in [-0.39, 0.29) is 5.91 Å². The van der Waals surface area contributed by atoms with Crippen LogP contribution in [0.15, 0.2) is 12.7 Å². The predicted octanol–water partition coefficient (Wildman–Crippen LogP) is 1.04. The molecule has 1 aliphatic heterocycles. The van der Waals surface area contributed by atoms with Crippen molar-refractivity contribution >= 4 is 11.9 Å². The van der Waals surface area contributed by atoms with Crippen LogP contribution < -0.4 is 0 Å². The van der Waals surface area contributed by atoms with Crippen LogP contribution in [0.25, 0.3) is 0 Å². The summed E-state index contributed by atoms with van der Waals surface area (Å²) in [5.74, 6) is -1.12. The molecule has 1 N–H and O–H groups in total. The highest BCUT2D eigenvalue weighted by Crippen LogP contribution is 2.21. The first-order valence-electron chi connectivity index (χ1n) is 5.88. The van der Waals surface area contributed by atoms with Gasteiger partial charge in [0.15, 0.2) is 6.10 Å². The van der Waals surface area contributed by atoms with Crippen LogP contribution in [0.4, 0.5) is 0 Å². The maximum absolute atomic E-state index is 12.1. The Morgan fingerprint density at radius 3 is 2.59 bits per heavy atom. The lowest BCUT2D eigenvalue weighted by molar-refractivity contribution is -0.154. The lowest BCUT2D eigenvalue weighted by atomic mass is 10.1. The fraction of sp³-hybridized carbons (Fsp3) is 0.667. The van der Waals surface area contributed by atoms with Crippen molar-refractivity contribution in [2.75, 3.05) is 13.1 Å². The number of aliphatic carboxylic acids is 1. The highest BCUT2D eigenvalue weighted by molar-refractivity contribution is 5.82. The van der Waals surface area contributed by atoms with Crippen molar-refractivity contribution in [1.82, 2.24) is 4.90 Å². The van der Waals surface area contributed by atoms with Gasteiger partial charge in [-0.15, -0.1) is 6.58 Å².